The average molecular weight is 575 g/mol. The summed E-state index contributed by atoms with van der Waals surface area (Å²) in [6.45, 7) is 6.45. The normalized spacial score (nSPS) is 14.6. The number of carbonyl (C=O) groups excluding carboxylic acids is 2. The highest BCUT2D eigenvalue weighted by Gasteiger charge is 2.29. The molecule has 224 valence electrons. The van der Waals surface area contributed by atoms with E-state index in [9.17, 15) is 9.59 Å². The molecule has 8 heteroatoms. The fourth-order valence-electron chi connectivity index (χ4n) is 5.62. The predicted molar refractivity (Wildman–Crippen MR) is 164 cm³/mol. The summed E-state index contributed by atoms with van der Waals surface area (Å²) in [4.78, 5) is 27.9. The first-order chi connectivity index (χ1) is 20.4. The number of carbonyl (C=O) groups is 2. The number of ether oxygens (including phenoxy) is 4. The molecule has 3 aromatic carbocycles. The number of esters is 1. The zero-order chi connectivity index (χ0) is 30.1. The maximum atomic E-state index is 13.1. The molecule has 1 amide bonds. The largest absolute Gasteiger partial charge is 0.497 e. The van der Waals surface area contributed by atoms with Gasteiger partial charge in [-0.05, 0) is 73.7 Å². The zero-order valence-electron chi connectivity index (χ0n) is 25.3. The molecule has 2 unspecified atom stereocenters. The molecule has 0 saturated carbocycles. The van der Waals surface area contributed by atoms with Crippen molar-refractivity contribution in [2.75, 3.05) is 52.9 Å². The van der Waals surface area contributed by atoms with Crippen molar-refractivity contribution in [3.63, 3.8) is 0 Å². The van der Waals surface area contributed by atoms with E-state index in [4.69, 9.17) is 18.9 Å². The first kappa shape index (κ1) is 30.9. The van der Waals surface area contributed by atoms with Crippen LogP contribution in [0, 0.1) is 0 Å². The van der Waals surface area contributed by atoms with Crippen molar-refractivity contribution in [3.05, 3.63) is 82.9 Å². The molecular weight excluding hydrogens is 532 g/mol. The van der Waals surface area contributed by atoms with Gasteiger partial charge in [0.2, 0.25) is 5.91 Å². The number of amides is 1. The summed E-state index contributed by atoms with van der Waals surface area (Å²) in [6.07, 6.45) is 2.84. The van der Waals surface area contributed by atoms with E-state index in [-0.39, 0.29) is 17.8 Å². The number of benzene rings is 3. The summed E-state index contributed by atoms with van der Waals surface area (Å²) in [5.74, 6) is 0.981. The van der Waals surface area contributed by atoms with Crippen molar-refractivity contribution in [3.8, 4) is 17.2 Å². The standard InChI is InChI=1S/C34H42N2O6/c1-6-42-34(38)31(23(2)25-13-16-28(39-3)17-14-25)26-11-9-24(10-12-26)21-27-15-18-29(33(41-5)32(27)40-4)35-30(37)22-36-19-7-8-20-36/h9-18,23,31H,6-8,19-22H2,1-5H3,(H,35,37). The lowest BCUT2D eigenvalue weighted by atomic mass is 9.82. The maximum Gasteiger partial charge on any atom is 0.314 e. The molecule has 1 fully saturated rings. The Morgan fingerprint density at radius 1 is 0.833 bits per heavy atom. The Balaban J connectivity index is 1.53. The van der Waals surface area contributed by atoms with Gasteiger partial charge in [-0.15, -0.1) is 0 Å². The molecule has 1 N–H and O–H groups in total. The highest BCUT2D eigenvalue weighted by Crippen LogP contribution is 2.40. The van der Waals surface area contributed by atoms with Crippen LogP contribution in [0.3, 0.4) is 0 Å². The molecule has 42 heavy (non-hydrogen) atoms. The first-order valence-electron chi connectivity index (χ1n) is 14.5. The van der Waals surface area contributed by atoms with Crippen LogP contribution in [0.2, 0.25) is 0 Å². The molecule has 0 radical (unpaired) electrons. The first-order valence-corrected chi connectivity index (χ1v) is 14.5. The number of nitrogens with zero attached hydrogens (tertiary/aromatic N) is 1. The van der Waals surface area contributed by atoms with Gasteiger partial charge in [-0.2, -0.15) is 0 Å². The van der Waals surface area contributed by atoms with Crippen LogP contribution in [0.4, 0.5) is 5.69 Å². The quantitative estimate of drug-likeness (QED) is 0.259. The number of hydrogen-bond acceptors (Lipinski definition) is 7. The molecule has 0 aliphatic carbocycles. The molecule has 8 nitrogen and oxygen atoms in total. The summed E-state index contributed by atoms with van der Waals surface area (Å²) in [6, 6.07) is 19.6. The van der Waals surface area contributed by atoms with Gasteiger partial charge in [0.1, 0.15) is 5.75 Å². The lowest BCUT2D eigenvalue weighted by Crippen LogP contribution is -2.31. The number of rotatable bonds is 13. The van der Waals surface area contributed by atoms with E-state index in [0.717, 1.165) is 53.9 Å². The van der Waals surface area contributed by atoms with Crippen LogP contribution in [0.1, 0.15) is 60.8 Å². The van der Waals surface area contributed by atoms with E-state index < -0.39 is 5.92 Å². The minimum atomic E-state index is -0.453. The monoisotopic (exact) mass is 574 g/mol. The molecule has 0 bridgehead atoms. The molecule has 0 aromatic heterocycles. The van der Waals surface area contributed by atoms with Gasteiger partial charge in [-0.3, -0.25) is 14.5 Å². The highest BCUT2D eigenvalue weighted by atomic mass is 16.5. The molecule has 1 heterocycles. The zero-order valence-corrected chi connectivity index (χ0v) is 25.3. The van der Waals surface area contributed by atoms with Crippen LogP contribution < -0.4 is 19.5 Å². The summed E-state index contributed by atoms with van der Waals surface area (Å²) in [7, 11) is 4.81. The van der Waals surface area contributed by atoms with Crippen LogP contribution >= 0.6 is 0 Å². The minimum absolute atomic E-state index is 0.0689. The van der Waals surface area contributed by atoms with E-state index in [2.05, 4.69) is 10.2 Å². The van der Waals surface area contributed by atoms with Crippen molar-refractivity contribution in [2.24, 2.45) is 0 Å². The van der Waals surface area contributed by atoms with E-state index in [1.54, 1.807) is 21.3 Å². The van der Waals surface area contributed by atoms with Gasteiger partial charge in [-0.25, -0.2) is 0 Å². The third kappa shape index (κ3) is 7.42. The van der Waals surface area contributed by atoms with Crippen LogP contribution in [0.25, 0.3) is 0 Å². The summed E-state index contributed by atoms with van der Waals surface area (Å²) >= 11 is 0. The van der Waals surface area contributed by atoms with Crippen molar-refractivity contribution < 1.29 is 28.5 Å². The molecule has 3 aromatic rings. The van der Waals surface area contributed by atoms with Crippen molar-refractivity contribution in [2.45, 2.75) is 44.9 Å². The minimum Gasteiger partial charge on any atom is -0.497 e. The maximum absolute atomic E-state index is 13.1. The fourth-order valence-corrected chi connectivity index (χ4v) is 5.62. The van der Waals surface area contributed by atoms with Gasteiger partial charge in [0.15, 0.2) is 11.5 Å². The topological polar surface area (TPSA) is 86.3 Å². The molecule has 0 spiro atoms. The molecular formula is C34H42N2O6. The lowest BCUT2D eigenvalue weighted by Gasteiger charge is -2.24. The van der Waals surface area contributed by atoms with E-state index >= 15 is 0 Å². The van der Waals surface area contributed by atoms with Gasteiger partial charge in [0.25, 0.3) is 0 Å². The third-order valence-corrected chi connectivity index (χ3v) is 7.86. The third-order valence-electron chi connectivity index (χ3n) is 7.86. The van der Waals surface area contributed by atoms with Crippen LogP contribution in [-0.4, -0.2) is 64.3 Å². The van der Waals surface area contributed by atoms with Gasteiger partial charge >= 0.3 is 5.97 Å². The molecule has 1 aliphatic rings. The second-order valence-corrected chi connectivity index (χ2v) is 10.6. The molecule has 1 aliphatic heterocycles. The Morgan fingerprint density at radius 2 is 1.48 bits per heavy atom. The fraction of sp³-hybridized carbons (Fsp3) is 0.412. The summed E-state index contributed by atoms with van der Waals surface area (Å²) < 4.78 is 22.2. The number of anilines is 1. The van der Waals surface area contributed by atoms with Gasteiger partial charge in [0, 0.05) is 12.0 Å². The van der Waals surface area contributed by atoms with Gasteiger partial charge in [0.05, 0.1) is 46.1 Å². The van der Waals surface area contributed by atoms with Crippen LogP contribution in [0.5, 0.6) is 17.2 Å². The molecule has 2 atom stereocenters. The van der Waals surface area contributed by atoms with Crippen molar-refractivity contribution in [1.29, 1.82) is 0 Å². The lowest BCUT2D eigenvalue weighted by molar-refractivity contribution is -0.145. The van der Waals surface area contributed by atoms with Crippen molar-refractivity contribution in [1.82, 2.24) is 4.90 Å². The van der Waals surface area contributed by atoms with Gasteiger partial charge < -0.3 is 24.3 Å². The summed E-state index contributed by atoms with van der Waals surface area (Å²) in [5, 5.41) is 2.99. The Morgan fingerprint density at radius 3 is 2.07 bits per heavy atom. The van der Waals surface area contributed by atoms with E-state index in [1.807, 2.05) is 74.5 Å². The average Bonchev–Trinajstić information content (AvgIpc) is 3.51. The Kier molecular flexibility index (Phi) is 10.8. The Bertz CT molecular complexity index is 1330. The number of hydrogen-bond donors (Lipinski definition) is 1. The predicted octanol–water partition coefficient (Wildman–Crippen LogP) is 5.79. The van der Waals surface area contributed by atoms with Crippen LogP contribution in [-0.2, 0) is 20.7 Å². The smallest absolute Gasteiger partial charge is 0.314 e. The second-order valence-electron chi connectivity index (χ2n) is 10.6. The second kappa shape index (κ2) is 14.7. The SMILES string of the molecule is CCOC(=O)C(c1ccc(Cc2ccc(NC(=O)CN3CCCC3)c(OC)c2OC)cc1)C(C)c1ccc(OC)cc1. The number of nitrogens with one attached hydrogen (secondary N) is 1. The Labute approximate surface area is 248 Å². The van der Waals surface area contributed by atoms with Gasteiger partial charge in [-0.1, -0.05) is 49.4 Å². The molecule has 1 saturated heterocycles. The van der Waals surface area contributed by atoms with Crippen LogP contribution in [0.15, 0.2) is 60.7 Å². The molecule has 4 rings (SSSR count). The summed E-state index contributed by atoms with van der Waals surface area (Å²) in [5.41, 5.74) is 4.48. The Hall–Kier alpha value is -4.04. The van der Waals surface area contributed by atoms with E-state index in [1.165, 1.54) is 0 Å². The highest BCUT2D eigenvalue weighted by molar-refractivity contribution is 5.94. The van der Waals surface area contributed by atoms with E-state index in [0.29, 0.717) is 36.8 Å². The number of methoxy groups -OCH3 is 3. The number of likely N-dealkylation sites (tertiary alicyclic amines) is 1. The van der Waals surface area contributed by atoms with Crippen molar-refractivity contribution >= 4 is 17.6 Å².